The van der Waals surface area contributed by atoms with Gasteiger partial charge < -0.3 is 5.11 Å². The van der Waals surface area contributed by atoms with Crippen LogP contribution in [0.4, 0.5) is 0 Å². The molecular formula is C5H12O3S. The summed E-state index contributed by atoms with van der Waals surface area (Å²) in [5.41, 5.74) is 0. The maximum absolute atomic E-state index is 10.6. The molecule has 1 N–H and O–H groups in total. The van der Waals surface area contributed by atoms with Gasteiger partial charge in [-0.05, 0) is 13.3 Å². The highest BCUT2D eigenvalue weighted by Crippen LogP contribution is 2.14. The molecule has 0 radical (unpaired) electrons. The molecule has 0 spiro atoms. The molecule has 0 rings (SSSR count). The van der Waals surface area contributed by atoms with Crippen molar-refractivity contribution in [2.45, 2.75) is 25.2 Å². The number of hydrogen-bond donors (Lipinski definition) is 1. The summed E-state index contributed by atoms with van der Waals surface area (Å²) in [6.07, 6.45) is 1.25. The fraction of sp³-hybridized carbons (Fsp3) is 1.00. The minimum atomic E-state index is -3.30. The SMILES string of the molecule is CCC(C)(O)S(C)(=O)=O. The number of sulfone groups is 1. The minimum Gasteiger partial charge on any atom is -0.375 e. The number of aliphatic hydroxyl groups is 1. The van der Waals surface area contributed by atoms with Gasteiger partial charge in [0.1, 0.15) is 0 Å². The van der Waals surface area contributed by atoms with E-state index in [9.17, 15) is 8.42 Å². The summed E-state index contributed by atoms with van der Waals surface area (Å²) < 4.78 is 21.3. The zero-order valence-corrected chi connectivity index (χ0v) is 6.70. The Labute approximate surface area is 55.6 Å². The Kier molecular flexibility index (Phi) is 2.24. The highest BCUT2D eigenvalue weighted by atomic mass is 32.2. The van der Waals surface area contributed by atoms with Crippen LogP contribution in [0.15, 0.2) is 0 Å². The van der Waals surface area contributed by atoms with Crippen LogP contribution >= 0.6 is 0 Å². The lowest BCUT2D eigenvalue weighted by Gasteiger charge is -2.17. The van der Waals surface area contributed by atoms with Gasteiger partial charge in [-0.3, -0.25) is 0 Å². The van der Waals surface area contributed by atoms with Crippen LogP contribution in [0.3, 0.4) is 0 Å². The van der Waals surface area contributed by atoms with Crippen LogP contribution in [-0.2, 0) is 9.84 Å². The van der Waals surface area contributed by atoms with Gasteiger partial charge in [0.2, 0.25) is 0 Å². The molecule has 0 aromatic heterocycles. The molecule has 3 nitrogen and oxygen atoms in total. The third kappa shape index (κ3) is 1.95. The fourth-order valence-electron chi connectivity index (χ4n) is 0.262. The molecule has 0 bridgehead atoms. The summed E-state index contributed by atoms with van der Waals surface area (Å²) in [5, 5.41) is 9.07. The molecule has 0 aromatic rings. The Morgan fingerprint density at radius 1 is 1.56 bits per heavy atom. The topological polar surface area (TPSA) is 54.4 Å². The van der Waals surface area contributed by atoms with E-state index in [1.54, 1.807) is 6.92 Å². The zero-order valence-electron chi connectivity index (χ0n) is 5.88. The summed E-state index contributed by atoms with van der Waals surface area (Å²) in [6, 6.07) is 0. The first-order valence-corrected chi connectivity index (χ1v) is 4.62. The molecule has 0 saturated heterocycles. The molecule has 9 heavy (non-hydrogen) atoms. The van der Waals surface area contributed by atoms with Crippen LogP contribution in [0.2, 0.25) is 0 Å². The Hall–Kier alpha value is -0.0900. The van der Waals surface area contributed by atoms with E-state index in [0.717, 1.165) is 6.26 Å². The Morgan fingerprint density at radius 3 is 1.89 bits per heavy atom. The van der Waals surface area contributed by atoms with Crippen molar-refractivity contribution in [3.05, 3.63) is 0 Å². The van der Waals surface area contributed by atoms with E-state index in [1.165, 1.54) is 6.92 Å². The second kappa shape index (κ2) is 2.27. The third-order valence-corrected chi connectivity index (χ3v) is 3.34. The van der Waals surface area contributed by atoms with Crippen molar-refractivity contribution in [2.75, 3.05) is 6.26 Å². The third-order valence-electron chi connectivity index (χ3n) is 1.45. The average Bonchev–Trinajstić information content (AvgIpc) is 1.64. The van der Waals surface area contributed by atoms with Crippen molar-refractivity contribution in [3.8, 4) is 0 Å². The van der Waals surface area contributed by atoms with E-state index in [0.29, 0.717) is 0 Å². The largest absolute Gasteiger partial charge is 0.375 e. The second-order valence-corrected chi connectivity index (χ2v) is 4.72. The van der Waals surface area contributed by atoms with Crippen LogP contribution in [0.25, 0.3) is 0 Å². The molecule has 0 aliphatic rings. The highest BCUT2D eigenvalue weighted by Gasteiger charge is 2.29. The van der Waals surface area contributed by atoms with Gasteiger partial charge in [-0.25, -0.2) is 8.42 Å². The molecule has 0 amide bonds. The number of rotatable bonds is 2. The van der Waals surface area contributed by atoms with Crippen molar-refractivity contribution in [1.29, 1.82) is 0 Å². The van der Waals surface area contributed by atoms with Crippen molar-refractivity contribution in [1.82, 2.24) is 0 Å². The van der Waals surface area contributed by atoms with E-state index in [2.05, 4.69) is 0 Å². The first-order chi connectivity index (χ1) is 3.81. The summed E-state index contributed by atoms with van der Waals surface area (Å²) >= 11 is 0. The predicted molar refractivity (Wildman–Crippen MR) is 35.8 cm³/mol. The lowest BCUT2D eigenvalue weighted by Crippen LogP contribution is -2.32. The monoisotopic (exact) mass is 152 g/mol. The molecule has 0 aromatic carbocycles. The molecule has 0 fully saturated rings. The maximum Gasteiger partial charge on any atom is 0.176 e. The maximum atomic E-state index is 10.6. The van der Waals surface area contributed by atoms with Crippen LogP contribution in [0.5, 0.6) is 0 Å². The highest BCUT2D eigenvalue weighted by molar-refractivity contribution is 7.91. The molecule has 4 heteroatoms. The Balaban J connectivity index is 4.56. The molecule has 0 heterocycles. The van der Waals surface area contributed by atoms with Crippen molar-refractivity contribution in [2.24, 2.45) is 0 Å². The van der Waals surface area contributed by atoms with Gasteiger partial charge in [-0.1, -0.05) is 6.92 Å². The van der Waals surface area contributed by atoms with Gasteiger partial charge >= 0.3 is 0 Å². The fourth-order valence-corrected chi connectivity index (χ4v) is 0.787. The average molecular weight is 152 g/mol. The summed E-state index contributed by atoms with van der Waals surface area (Å²) in [5.74, 6) is 0. The normalized spacial score (nSPS) is 19.1. The van der Waals surface area contributed by atoms with E-state index in [1.807, 2.05) is 0 Å². The van der Waals surface area contributed by atoms with Crippen LogP contribution in [0, 0.1) is 0 Å². The quantitative estimate of drug-likeness (QED) is 0.612. The van der Waals surface area contributed by atoms with Crippen LogP contribution in [-0.4, -0.2) is 24.7 Å². The van der Waals surface area contributed by atoms with Gasteiger partial charge in [-0.2, -0.15) is 0 Å². The van der Waals surface area contributed by atoms with Gasteiger partial charge in [0.05, 0.1) is 0 Å². The van der Waals surface area contributed by atoms with Crippen molar-refractivity contribution in [3.63, 3.8) is 0 Å². The van der Waals surface area contributed by atoms with Crippen LogP contribution < -0.4 is 0 Å². The molecular weight excluding hydrogens is 140 g/mol. The molecule has 56 valence electrons. The Bertz CT molecular complexity index is 178. The van der Waals surface area contributed by atoms with Crippen LogP contribution in [0.1, 0.15) is 20.3 Å². The van der Waals surface area contributed by atoms with Gasteiger partial charge in [0.15, 0.2) is 14.8 Å². The predicted octanol–water partition coefficient (Wildman–Crippen LogP) is 0.150. The second-order valence-electron chi connectivity index (χ2n) is 2.30. The first-order valence-electron chi connectivity index (χ1n) is 2.73. The van der Waals surface area contributed by atoms with Gasteiger partial charge in [-0.15, -0.1) is 0 Å². The van der Waals surface area contributed by atoms with E-state index >= 15 is 0 Å². The summed E-state index contributed by atoms with van der Waals surface area (Å²) in [6.45, 7) is 2.92. The van der Waals surface area contributed by atoms with Gasteiger partial charge in [0, 0.05) is 6.26 Å². The molecule has 1 unspecified atom stereocenters. The Morgan fingerprint density at radius 2 is 1.89 bits per heavy atom. The molecule has 0 aliphatic heterocycles. The number of hydrogen-bond acceptors (Lipinski definition) is 3. The molecule has 1 atom stereocenters. The molecule has 0 saturated carbocycles. The molecule has 0 aliphatic carbocycles. The lowest BCUT2D eigenvalue weighted by molar-refractivity contribution is 0.141. The minimum absolute atomic E-state index is 0.228. The van der Waals surface area contributed by atoms with Crippen molar-refractivity contribution < 1.29 is 13.5 Å². The zero-order chi connectivity index (χ0) is 7.71. The summed E-state index contributed by atoms with van der Waals surface area (Å²) in [7, 11) is -3.30. The summed E-state index contributed by atoms with van der Waals surface area (Å²) in [4.78, 5) is -1.55. The van der Waals surface area contributed by atoms with E-state index < -0.39 is 14.8 Å². The van der Waals surface area contributed by atoms with E-state index in [-0.39, 0.29) is 6.42 Å². The lowest BCUT2D eigenvalue weighted by atomic mass is 10.3. The standard InChI is InChI=1S/C5H12O3S/c1-4-5(2,6)9(3,7)8/h6H,4H2,1-3H3. The van der Waals surface area contributed by atoms with Crippen molar-refractivity contribution >= 4 is 9.84 Å². The van der Waals surface area contributed by atoms with Gasteiger partial charge in [0.25, 0.3) is 0 Å². The first kappa shape index (κ1) is 8.91. The smallest absolute Gasteiger partial charge is 0.176 e. The van der Waals surface area contributed by atoms with E-state index in [4.69, 9.17) is 5.11 Å².